The van der Waals surface area contributed by atoms with Gasteiger partial charge >= 0.3 is 5.97 Å². The van der Waals surface area contributed by atoms with Gasteiger partial charge in [0, 0.05) is 17.8 Å². The Hall–Kier alpha value is -2.53. The molecule has 0 bridgehead atoms. The maximum absolute atomic E-state index is 11.9. The van der Waals surface area contributed by atoms with Gasteiger partial charge in [-0.15, -0.1) is 0 Å². The van der Waals surface area contributed by atoms with Crippen LogP contribution < -0.4 is 4.74 Å². The molecule has 1 aromatic carbocycles. The highest BCUT2D eigenvalue weighted by Gasteiger charge is 2.18. The fraction of sp³-hybridized carbons (Fsp3) is 0.125. The number of esters is 1. The van der Waals surface area contributed by atoms with Gasteiger partial charge in [-0.3, -0.25) is 0 Å². The number of hydrogen-bond acceptors (Lipinski definition) is 5. The molecule has 2 rings (SSSR count). The van der Waals surface area contributed by atoms with E-state index in [0.29, 0.717) is 22.2 Å². The van der Waals surface area contributed by atoms with Gasteiger partial charge in [-0.05, 0) is 12.1 Å². The van der Waals surface area contributed by atoms with Crippen molar-refractivity contribution < 1.29 is 19.0 Å². The molecule has 114 valence electrons. The largest absolute Gasteiger partial charge is 0.503 e. The van der Waals surface area contributed by atoms with Crippen molar-refractivity contribution in [1.29, 1.82) is 0 Å². The SMILES string of the molecule is COC=C(C(=O)OC)c1ccccc1Oc1ccc(Cl)cn1. The molecule has 22 heavy (non-hydrogen) atoms. The van der Waals surface area contributed by atoms with Crippen LogP contribution in [0.5, 0.6) is 11.6 Å². The van der Waals surface area contributed by atoms with Gasteiger partial charge in [0.1, 0.15) is 11.3 Å². The highest BCUT2D eigenvalue weighted by atomic mass is 35.5. The number of methoxy groups -OCH3 is 2. The van der Waals surface area contributed by atoms with Gasteiger partial charge in [0.15, 0.2) is 0 Å². The molecule has 0 fully saturated rings. The monoisotopic (exact) mass is 319 g/mol. The van der Waals surface area contributed by atoms with Gasteiger partial charge < -0.3 is 14.2 Å². The molecule has 6 heteroatoms. The lowest BCUT2D eigenvalue weighted by Gasteiger charge is -2.12. The van der Waals surface area contributed by atoms with Crippen molar-refractivity contribution in [2.75, 3.05) is 14.2 Å². The lowest BCUT2D eigenvalue weighted by atomic mass is 10.1. The van der Waals surface area contributed by atoms with Crippen molar-refractivity contribution in [2.24, 2.45) is 0 Å². The number of halogens is 1. The summed E-state index contributed by atoms with van der Waals surface area (Å²) in [5.74, 6) is 0.284. The van der Waals surface area contributed by atoms with Crippen molar-refractivity contribution >= 4 is 23.1 Å². The molecule has 0 spiro atoms. The third kappa shape index (κ3) is 3.77. The van der Waals surface area contributed by atoms with Gasteiger partial charge in [0.05, 0.1) is 25.5 Å². The number of carbonyl (C=O) groups excluding carboxylic acids is 1. The van der Waals surface area contributed by atoms with E-state index in [0.717, 1.165) is 0 Å². The second-order valence-corrected chi connectivity index (χ2v) is 4.61. The molecule has 0 saturated heterocycles. The Morgan fingerprint density at radius 1 is 1.18 bits per heavy atom. The molecule has 5 nitrogen and oxygen atoms in total. The average molecular weight is 320 g/mol. The van der Waals surface area contributed by atoms with Gasteiger partial charge in [-0.2, -0.15) is 0 Å². The summed E-state index contributed by atoms with van der Waals surface area (Å²) in [5.41, 5.74) is 0.780. The topological polar surface area (TPSA) is 57.7 Å². The van der Waals surface area contributed by atoms with Crippen LogP contribution in [0.15, 0.2) is 48.9 Å². The van der Waals surface area contributed by atoms with Crippen molar-refractivity contribution in [3.05, 3.63) is 59.4 Å². The van der Waals surface area contributed by atoms with Crippen molar-refractivity contribution in [3.8, 4) is 11.6 Å². The Morgan fingerprint density at radius 2 is 1.95 bits per heavy atom. The summed E-state index contributed by atoms with van der Waals surface area (Å²) in [6.45, 7) is 0. The van der Waals surface area contributed by atoms with E-state index < -0.39 is 5.97 Å². The first kappa shape index (κ1) is 15.9. The van der Waals surface area contributed by atoms with Crippen molar-refractivity contribution in [3.63, 3.8) is 0 Å². The number of rotatable bonds is 5. The molecule has 0 N–H and O–H groups in total. The quantitative estimate of drug-likeness (QED) is 0.478. The van der Waals surface area contributed by atoms with Gasteiger partial charge in [-0.25, -0.2) is 9.78 Å². The van der Waals surface area contributed by atoms with E-state index in [-0.39, 0.29) is 5.57 Å². The second kappa shape index (κ2) is 7.47. The van der Waals surface area contributed by atoms with Crippen LogP contribution in [0.4, 0.5) is 0 Å². The molecule has 0 aliphatic heterocycles. The van der Waals surface area contributed by atoms with Crippen molar-refractivity contribution in [1.82, 2.24) is 4.98 Å². The van der Waals surface area contributed by atoms with Crippen LogP contribution in [0, 0.1) is 0 Å². The van der Waals surface area contributed by atoms with E-state index in [2.05, 4.69) is 4.98 Å². The summed E-state index contributed by atoms with van der Waals surface area (Å²) in [4.78, 5) is 16.0. The molecular formula is C16H14ClNO4. The highest BCUT2D eigenvalue weighted by molar-refractivity contribution is 6.30. The number of aromatic nitrogens is 1. The van der Waals surface area contributed by atoms with E-state index in [1.807, 2.05) is 0 Å². The third-order valence-electron chi connectivity index (χ3n) is 2.73. The smallest absolute Gasteiger partial charge is 0.341 e. The number of benzene rings is 1. The molecule has 0 aliphatic rings. The van der Waals surface area contributed by atoms with Crippen LogP contribution in [0.2, 0.25) is 5.02 Å². The minimum atomic E-state index is -0.526. The molecule has 1 aromatic heterocycles. The first-order valence-electron chi connectivity index (χ1n) is 6.35. The molecule has 0 amide bonds. The number of hydrogen-bond donors (Lipinski definition) is 0. The summed E-state index contributed by atoms with van der Waals surface area (Å²) < 4.78 is 15.4. The summed E-state index contributed by atoms with van der Waals surface area (Å²) in [6, 6.07) is 10.3. The van der Waals surface area contributed by atoms with Crippen LogP contribution in [0.3, 0.4) is 0 Å². The molecule has 0 saturated carbocycles. The van der Waals surface area contributed by atoms with Crippen molar-refractivity contribution in [2.45, 2.75) is 0 Å². The van der Waals surface area contributed by atoms with Gasteiger partial charge in [0.2, 0.25) is 5.88 Å². The summed E-state index contributed by atoms with van der Waals surface area (Å²) in [7, 11) is 2.75. The number of ether oxygens (including phenoxy) is 3. The van der Waals surface area contributed by atoms with E-state index in [1.54, 1.807) is 36.4 Å². The Bertz CT molecular complexity index is 683. The van der Waals surface area contributed by atoms with Crippen LogP contribution in [-0.4, -0.2) is 25.2 Å². The Balaban J connectivity index is 2.39. The first-order chi connectivity index (χ1) is 10.7. The van der Waals surface area contributed by atoms with E-state index in [9.17, 15) is 4.79 Å². The molecule has 0 aliphatic carbocycles. The van der Waals surface area contributed by atoms with E-state index >= 15 is 0 Å². The molecule has 0 radical (unpaired) electrons. The maximum Gasteiger partial charge on any atom is 0.341 e. The van der Waals surface area contributed by atoms with E-state index in [1.165, 1.54) is 26.7 Å². The number of pyridine rings is 1. The maximum atomic E-state index is 11.9. The predicted octanol–water partition coefficient (Wildman–Crippen LogP) is 3.69. The summed E-state index contributed by atoms with van der Waals surface area (Å²) in [6.07, 6.45) is 2.79. The lowest BCUT2D eigenvalue weighted by Crippen LogP contribution is -2.05. The van der Waals surface area contributed by atoms with Gasteiger partial charge in [-0.1, -0.05) is 29.8 Å². The Kier molecular flexibility index (Phi) is 5.38. The lowest BCUT2D eigenvalue weighted by molar-refractivity contribution is -0.133. The fourth-order valence-electron chi connectivity index (χ4n) is 1.76. The molecule has 0 unspecified atom stereocenters. The highest BCUT2D eigenvalue weighted by Crippen LogP contribution is 2.30. The minimum absolute atomic E-state index is 0.245. The Labute approximate surface area is 133 Å². The molecule has 1 heterocycles. The zero-order valence-electron chi connectivity index (χ0n) is 12.1. The number of para-hydroxylation sites is 1. The normalized spacial score (nSPS) is 11.0. The third-order valence-corrected chi connectivity index (χ3v) is 2.96. The zero-order valence-corrected chi connectivity index (χ0v) is 12.8. The summed E-state index contributed by atoms with van der Waals surface area (Å²) >= 11 is 5.79. The molecular weight excluding hydrogens is 306 g/mol. The fourth-order valence-corrected chi connectivity index (χ4v) is 1.87. The average Bonchev–Trinajstić information content (AvgIpc) is 2.55. The first-order valence-corrected chi connectivity index (χ1v) is 6.73. The van der Waals surface area contributed by atoms with Crippen LogP contribution in [-0.2, 0) is 14.3 Å². The minimum Gasteiger partial charge on any atom is -0.503 e. The number of nitrogens with zero attached hydrogens (tertiary/aromatic N) is 1. The standard InChI is InChI=1S/C16H14ClNO4/c1-20-10-13(16(19)21-2)12-5-3-4-6-14(12)22-15-8-7-11(17)9-18-15/h3-10H,1-2H3. The van der Waals surface area contributed by atoms with E-state index in [4.69, 9.17) is 25.8 Å². The van der Waals surface area contributed by atoms with Gasteiger partial charge in [0.25, 0.3) is 0 Å². The van der Waals surface area contributed by atoms with Crippen LogP contribution in [0.1, 0.15) is 5.56 Å². The zero-order chi connectivity index (χ0) is 15.9. The predicted molar refractivity (Wildman–Crippen MR) is 82.8 cm³/mol. The molecule has 0 atom stereocenters. The Morgan fingerprint density at radius 3 is 2.59 bits per heavy atom. The summed E-state index contributed by atoms with van der Waals surface area (Å²) in [5, 5.41) is 0.509. The second-order valence-electron chi connectivity index (χ2n) is 4.17. The molecule has 2 aromatic rings. The van der Waals surface area contributed by atoms with Crippen LogP contribution in [0.25, 0.3) is 5.57 Å². The van der Waals surface area contributed by atoms with Crippen LogP contribution >= 0.6 is 11.6 Å². The number of carbonyl (C=O) groups is 1.